The van der Waals surface area contributed by atoms with Crippen molar-refractivity contribution in [2.75, 3.05) is 13.1 Å². The second-order valence-corrected chi connectivity index (χ2v) is 6.09. The van der Waals surface area contributed by atoms with Crippen LogP contribution in [0.15, 0.2) is 54.9 Å². The molecule has 0 spiro atoms. The lowest BCUT2D eigenvalue weighted by atomic mass is 10.1. The lowest BCUT2D eigenvalue weighted by Crippen LogP contribution is -2.44. The van der Waals surface area contributed by atoms with E-state index in [0.717, 1.165) is 36.0 Å². The number of carbonyl (C=O) groups excluding carboxylic acids is 1. The van der Waals surface area contributed by atoms with Crippen LogP contribution < -0.4 is 4.74 Å². The first-order valence-corrected chi connectivity index (χ1v) is 8.23. The molecule has 0 aliphatic carbocycles. The molecule has 24 heavy (non-hydrogen) atoms. The molecule has 5 nitrogen and oxygen atoms in total. The zero-order chi connectivity index (χ0) is 16.4. The van der Waals surface area contributed by atoms with E-state index in [0.29, 0.717) is 12.2 Å². The van der Waals surface area contributed by atoms with Gasteiger partial charge in [0.25, 0.3) is 5.91 Å². The standard InChI is InChI=1S/C19H19N3O2/c23-19(18-12-14-4-1-2-6-17(14)21-18)22-11-3-5-16(13-22)24-15-7-9-20-10-8-15/h1-2,4,6-10,12,16,21H,3,5,11,13H2/t16-/m1/s1. The fraction of sp³-hybridized carbons (Fsp3) is 0.263. The van der Waals surface area contributed by atoms with E-state index in [1.54, 1.807) is 12.4 Å². The summed E-state index contributed by atoms with van der Waals surface area (Å²) in [6.07, 6.45) is 5.35. The third-order valence-electron chi connectivity index (χ3n) is 4.38. The summed E-state index contributed by atoms with van der Waals surface area (Å²) >= 11 is 0. The molecule has 0 saturated carbocycles. The van der Waals surface area contributed by atoms with E-state index in [9.17, 15) is 4.79 Å². The van der Waals surface area contributed by atoms with Crippen molar-refractivity contribution in [3.8, 4) is 5.75 Å². The molecule has 1 aliphatic rings. The molecule has 1 aromatic carbocycles. The molecule has 4 rings (SSSR count). The number of para-hydroxylation sites is 1. The molecule has 3 heterocycles. The molecule has 0 bridgehead atoms. The van der Waals surface area contributed by atoms with Crippen LogP contribution >= 0.6 is 0 Å². The molecule has 1 aliphatic heterocycles. The number of aromatic amines is 1. The maximum Gasteiger partial charge on any atom is 0.270 e. The number of carbonyl (C=O) groups is 1. The van der Waals surface area contributed by atoms with Crippen molar-refractivity contribution in [2.24, 2.45) is 0 Å². The first-order chi connectivity index (χ1) is 11.8. The van der Waals surface area contributed by atoms with Gasteiger partial charge in [0.1, 0.15) is 17.5 Å². The molecule has 0 unspecified atom stereocenters. The number of ether oxygens (including phenoxy) is 1. The van der Waals surface area contributed by atoms with Crippen LogP contribution in [0.5, 0.6) is 5.75 Å². The van der Waals surface area contributed by atoms with Crippen LogP contribution in [-0.4, -0.2) is 40.0 Å². The van der Waals surface area contributed by atoms with Crippen LogP contribution in [0.4, 0.5) is 0 Å². The highest BCUT2D eigenvalue weighted by Crippen LogP contribution is 2.21. The number of aromatic nitrogens is 2. The Balaban J connectivity index is 1.48. The number of fused-ring (bicyclic) bond motifs is 1. The van der Waals surface area contributed by atoms with Crippen molar-refractivity contribution in [3.05, 3.63) is 60.6 Å². The van der Waals surface area contributed by atoms with Gasteiger partial charge in [0.05, 0.1) is 6.54 Å². The van der Waals surface area contributed by atoms with Crippen LogP contribution in [0.25, 0.3) is 10.9 Å². The Kier molecular flexibility index (Phi) is 3.91. The van der Waals surface area contributed by atoms with Crippen LogP contribution in [0, 0.1) is 0 Å². The quantitative estimate of drug-likeness (QED) is 0.805. The molecule has 5 heteroatoms. The summed E-state index contributed by atoms with van der Waals surface area (Å²) in [6, 6.07) is 13.5. The summed E-state index contributed by atoms with van der Waals surface area (Å²) in [6.45, 7) is 1.38. The van der Waals surface area contributed by atoms with Crippen molar-refractivity contribution in [1.82, 2.24) is 14.9 Å². The lowest BCUT2D eigenvalue weighted by Gasteiger charge is -2.32. The van der Waals surface area contributed by atoms with Gasteiger partial charge in [-0.15, -0.1) is 0 Å². The molecule has 0 radical (unpaired) electrons. The largest absolute Gasteiger partial charge is 0.488 e. The van der Waals surface area contributed by atoms with Crippen LogP contribution in [0.1, 0.15) is 23.3 Å². The number of piperidine rings is 1. The van der Waals surface area contributed by atoms with Crippen molar-refractivity contribution in [2.45, 2.75) is 18.9 Å². The minimum Gasteiger partial charge on any atom is -0.488 e. The van der Waals surface area contributed by atoms with Crippen molar-refractivity contribution in [3.63, 3.8) is 0 Å². The Morgan fingerprint density at radius 1 is 1.21 bits per heavy atom. The number of rotatable bonds is 3. The fourth-order valence-electron chi connectivity index (χ4n) is 3.19. The number of likely N-dealkylation sites (tertiary alicyclic amines) is 1. The van der Waals surface area contributed by atoms with E-state index < -0.39 is 0 Å². The van der Waals surface area contributed by atoms with Crippen molar-refractivity contribution in [1.29, 1.82) is 0 Å². The molecular formula is C19H19N3O2. The predicted octanol–water partition coefficient (Wildman–Crippen LogP) is 3.25. The highest BCUT2D eigenvalue weighted by Gasteiger charge is 2.26. The highest BCUT2D eigenvalue weighted by molar-refractivity contribution is 5.98. The van der Waals surface area contributed by atoms with Gasteiger partial charge in [-0.2, -0.15) is 0 Å². The van der Waals surface area contributed by atoms with E-state index >= 15 is 0 Å². The molecule has 1 saturated heterocycles. The predicted molar refractivity (Wildman–Crippen MR) is 92.1 cm³/mol. The van der Waals surface area contributed by atoms with E-state index in [1.165, 1.54) is 0 Å². The normalized spacial score (nSPS) is 17.8. The lowest BCUT2D eigenvalue weighted by molar-refractivity contribution is 0.0533. The summed E-state index contributed by atoms with van der Waals surface area (Å²) in [7, 11) is 0. The van der Waals surface area contributed by atoms with Crippen molar-refractivity contribution < 1.29 is 9.53 Å². The third kappa shape index (κ3) is 2.97. The number of benzene rings is 1. The summed E-state index contributed by atoms with van der Waals surface area (Å²) in [5, 5.41) is 1.06. The number of amides is 1. The number of hydrogen-bond acceptors (Lipinski definition) is 3. The summed E-state index contributed by atoms with van der Waals surface area (Å²) < 4.78 is 5.99. The maximum absolute atomic E-state index is 12.8. The number of hydrogen-bond donors (Lipinski definition) is 1. The maximum atomic E-state index is 12.8. The molecule has 1 N–H and O–H groups in total. The first kappa shape index (κ1) is 14.8. The van der Waals surface area contributed by atoms with Crippen LogP contribution in [-0.2, 0) is 0 Å². The zero-order valence-corrected chi connectivity index (χ0v) is 13.3. The Morgan fingerprint density at radius 3 is 2.88 bits per heavy atom. The van der Waals surface area contributed by atoms with Gasteiger partial charge in [0, 0.05) is 29.8 Å². The van der Waals surface area contributed by atoms with E-state index in [4.69, 9.17) is 4.74 Å². The van der Waals surface area contributed by atoms with Gasteiger partial charge < -0.3 is 14.6 Å². The Labute approximate surface area is 140 Å². The SMILES string of the molecule is O=C(c1cc2ccccc2[nH]1)N1CCC[C@@H](Oc2ccncc2)C1. The molecule has 1 amide bonds. The minimum absolute atomic E-state index is 0.0227. The topological polar surface area (TPSA) is 58.2 Å². The zero-order valence-electron chi connectivity index (χ0n) is 13.3. The monoisotopic (exact) mass is 321 g/mol. The van der Waals surface area contributed by atoms with E-state index in [2.05, 4.69) is 9.97 Å². The number of nitrogens with one attached hydrogen (secondary N) is 1. The summed E-state index contributed by atoms with van der Waals surface area (Å²) in [5.74, 6) is 0.837. The highest BCUT2D eigenvalue weighted by atomic mass is 16.5. The average molecular weight is 321 g/mol. The van der Waals surface area contributed by atoms with Crippen LogP contribution in [0.3, 0.4) is 0 Å². The van der Waals surface area contributed by atoms with E-state index in [1.807, 2.05) is 47.4 Å². The smallest absolute Gasteiger partial charge is 0.270 e. The third-order valence-corrected chi connectivity index (χ3v) is 4.38. The van der Waals surface area contributed by atoms with E-state index in [-0.39, 0.29) is 12.0 Å². The Bertz CT molecular complexity index is 811. The minimum atomic E-state index is 0.0227. The van der Waals surface area contributed by atoms with Gasteiger partial charge in [-0.25, -0.2) is 0 Å². The average Bonchev–Trinajstić information content (AvgIpc) is 3.06. The second-order valence-electron chi connectivity index (χ2n) is 6.09. The molecule has 3 aromatic rings. The summed E-state index contributed by atoms with van der Waals surface area (Å²) in [5.41, 5.74) is 1.63. The molecule has 1 fully saturated rings. The van der Waals surface area contributed by atoms with Gasteiger partial charge in [-0.1, -0.05) is 18.2 Å². The van der Waals surface area contributed by atoms with Gasteiger partial charge in [0.15, 0.2) is 0 Å². The number of pyridine rings is 1. The molecule has 122 valence electrons. The Hall–Kier alpha value is -2.82. The Morgan fingerprint density at radius 2 is 2.04 bits per heavy atom. The molecule has 1 atom stereocenters. The molecule has 2 aromatic heterocycles. The van der Waals surface area contributed by atoms with Gasteiger partial charge >= 0.3 is 0 Å². The number of nitrogens with zero attached hydrogens (tertiary/aromatic N) is 2. The van der Waals surface area contributed by atoms with Crippen molar-refractivity contribution >= 4 is 16.8 Å². The second kappa shape index (κ2) is 6.35. The van der Waals surface area contributed by atoms with Gasteiger partial charge in [-0.3, -0.25) is 9.78 Å². The first-order valence-electron chi connectivity index (χ1n) is 8.23. The van der Waals surface area contributed by atoms with Gasteiger partial charge in [0.2, 0.25) is 0 Å². The fourth-order valence-corrected chi connectivity index (χ4v) is 3.19. The molecular weight excluding hydrogens is 302 g/mol. The number of H-pyrrole nitrogens is 1. The summed E-state index contributed by atoms with van der Waals surface area (Å²) in [4.78, 5) is 21.9. The van der Waals surface area contributed by atoms with Crippen LogP contribution in [0.2, 0.25) is 0 Å². The van der Waals surface area contributed by atoms with Gasteiger partial charge in [-0.05, 0) is 37.1 Å².